The third kappa shape index (κ3) is 2.36. The first-order valence-corrected chi connectivity index (χ1v) is 6.28. The molecule has 0 aliphatic heterocycles. The van der Waals surface area contributed by atoms with E-state index in [1.54, 1.807) is 12.1 Å². The lowest BCUT2D eigenvalue weighted by Crippen LogP contribution is -1.81. The van der Waals surface area contributed by atoms with Crippen molar-refractivity contribution < 1.29 is 20.4 Å². The molecule has 0 saturated heterocycles. The molecule has 0 fully saturated rings. The van der Waals surface area contributed by atoms with Crippen molar-refractivity contribution in [3.8, 4) is 45.5 Å². The highest BCUT2D eigenvalue weighted by Gasteiger charge is 2.08. The number of hydrogen-bond donors (Lipinski definition) is 5. The first kappa shape index (κ1) is 12.9. The molecule has 3 rings (SSSR count). The Balaban J connectivity index is 1.99. The zero-order valence-corrected chi connectivity index (χ0v) is 10.9. The number of H-pyrrole nitrogens is 1. The van der Waals surface area contributed by atoms with E-state index in [1.165, 1.54) is 24.3 Å². The molecule has 1 heterocycles. The van der Waals surface area contributed by atoms with E-state index < -0.39 is 0 Å². The second kappa shape index (κ2) is 4.79. The summed E-state index contributed by atoms with van der Waals surface area (Å²) >= 11 is 0. The van der Waals surface area contributed by atoms with Gasteiger partial charge < -0.3 is 25.4 Å². The minimum Gasteiger partial charge on any atom is -0.504 e. The maximum Gasteiger partial charge on any atom is 0.158 e. The summed E-state index contributed by atoms with van der Waals surface area (Å²) in [5.74, 6) is -0.722. The minimum absolute atomic E-state index is 0.172. The molecule has 106 valence electrons. The van der Waals surface area contributed by atoms with E-state index in [-0.39, 0.29) is 23.0 Å². The van der Waals surface area contributed by atoms with Crippen molar-refractivity contribution in [3.63, 3.8) is 0 Å². The molecule has 0 saturated carbocycles. The largest absolute Gasteiger partial charge is 0.504 e. The first-order chi connectivity index (χ1) is 10.0. The normalized spacial score (nSPS) is 10.7. The Morgan fingerprint density at radius 3 is 1.33 bits per heavy atom. The van der Waals surface area contributed by atoms with Gasteiger partial charge in [-0.3, -0.25) is 0 Å². The number of aromatic hydroxyl groups is 4. The van der Waals surface area contributed by atoms with Gasteiger partial charge in [-0.2, -0.15) is 0 Å². The van der Waals surface area contributed by atoms with Crippen LogP contribution < -0.4 is 0 Å². The van der Waals surface area contributed by atoms with Crippen LogP contribution in [0, 0.1) is 0 Å². The van der Waals surface area contributed by atoms with Gasteiger partial charge in [0.05, 0.1) is 0 Å². The zero-order valence-electron chi connectivity index (χ0n) is 10.9. The van der Waals surface area contributed by atoms with E-state index in [4.69, 9.17) is 0 Å². The van der Waals surface area contributed by atoms with Gasteiger partial charge in [0, 0.05) is 22.5 Å². The molecule has 21 heavy (non-hydrogen) atoms. The fraction of sp³-hybridized carbons (Fsp3) is 0. The summed E-state index contributed by atoms with van der Waals surface area (Å²) in [5, 5.41) is 37.7. The summed E-state index contributed by atoms with van der Waals surface area (Å²) in [4.78, 5) is 3.15. The molecule has 0 atom stereocenters. The van der Waals surface area contributed by atoms with Gasteiger partial charge in [0.1, 0.15) is 0 Å². The molecule has 2 aromatic carbocycles. The molecule has 0 bridgehead atoms. The molecule has 0 unspecified atom stereocenters. The van der Waals surface area contributed by atoms with Gasteiger partial charge in [-0.1, -0.05) is 0 Å². The number of rotatable bonds is 2. The lowest BCUT2D eigenvalue weighted by Gasteiger charge is -2.03. The topological polar surface area (TPSA) is 96.7 Å². The van der Waals surface area contributed by atoms with E-state index in [1.807, 2.05) is 12.1 Å². The monoisotopic (exact) mass is 283 g/mol. The highest BCUT2D eigenvalue weighted by Crippen LogP contribution is 2.33. The van der Waals surface area contributed by atoms with Crippen molar-refractivity contribution in [3.05, 3.63) is 48.5 Å². The number of nitrogens with one attached hydrogen (secondary N) is 1. The lowest BCUT2D eigenvalue weighted by atomic mass is 10.1. The van der Waals surface area contributed by atoms with Gasteiger partial charge in [0.15, 0.2) is 23.0 Å². The van der Waals surface area contributed by atoms with Gasteiger partial charge in [0.25, 0.3) is 0 Å². The fourth-order valence-electron chi connectivity index (χ4n) is 2.11. The van der Waals surface area contributed by atoms with Gasteiger partial charge in [-0.05, 0) is 48.5 Å². The number of hydrogen-bond acceptors (Lipinski definition) is 4. The SMILES string of the molecule is Oc1ccc(-c2ccc(-c3ccc(O)c(O)c3)[nH]2)cc1O. The predicted octanol–water partition coefficient (Wildman–Crippen LogP) is 3.17. The van der Waals surface area contributed by atoms with Gasteiger partial charge in [-0.15, -0.1) is 0 Å². The van der Waals surface area contributed by atoms with E-state index in [0.717, 1.165) is 22.5 Å². The van der Waals surface area contributed by atoms with Gasteiger partial charge >= 0.3 is 0 Å². The van der Waals surface area contributed by atoms with Crippen molar-refractivity contribution in [2.45, 2.75) is 0 Å². The number of phenols is 4. The zero-order chi connectivity index (χ0) is 15.0. The first-order valence-electron chi connectivity index (χ1n) is 6.28. The number of aromatic nitrogens is 1. The van der Waals surface area contributed by atoms with Crippen molar-refractivity contribution in [1.29, 1.82) is 0 Å². The molecule has 0 aliphatic carbocycles. The standard InChI is InChI=1S/C16H13NO4/c18-13-5-1-9(7-15(13)20)11-3-4-12(17-11)10-2-6-14(19)16(21)8-10/h1-8,17-21H. The van der Waals surface area contributed by atoms with Crippen LogP contribution in [0.15, 0.2) is 48.5 Å². The number of aromatic amines is 1. The van der Waals surface area contributed by atoms with Crippen molar-refractivity contribution in [1.82, 2.24) is 4.98 Å². The van der Waals surface area contributed by atoms with Crippen molar-refractivity contribution in [2.75, 3.05) is 0 Å². The van der Waals surface area contributed by atoms with Crippen LogP contribution in [0.2, 0.25) is 0 Å². The molecule has 5 heteroatoms. The average Bonchev–Trinajstić information content (AvgIpc) is 2.94. The molecule has 3 aromatic rings. The second-order valence-corrected chi connectivity index (χ2v) is 4.69. The van der Waals surface area contributed by atoms with Crippen LogP contribution in [-0.2, 0) is 0 Å². The Morgan fingerprint density at radius 1 is 0.524 bits per heavy atom. The molecule has 1 aromatic heterocycles. The second-order valence-electron chi connectivity index (χ2n) is 4.69. The molecule has 5 N–H and O–H groups in total. The summed E-state index contributed by atoms with van der Waals surface area (Å²) < 4.78 is 0. The fourth-order valence-corrected chi connectivity index (χ4v) is 2.11. The maximum absolute atomic E-state index is 9.53. The molecular formula is C16H13NO4. The summed E-state index contributed by atoms with van der Waals surface area (Å²) in [5.41, 5.74) is 2.96. The Labute approximate surface area is 120 Å². The smallest absolute Gasteiger partial charge is 0.158 e. The average molecular weight is 283 g/mol. The van der Waals surface area contributed by atoms with Crippen LogP contribution >= 0.6 is 0 Å². The highest BCUT2D eigenvalue weighted by molar-refractivity contribution is 5.71. The van der Waals surface area contributed by atoms with Crippen LogP contribution in [-0.4, -0.2) is 25.4 Å². The summed E-state index contributed by atoms with van der Waals surface area (Å²) in [6.07, 6.45) is 0. The molecular weight excluding hydrogens is 270 g/mol. The Morgan fingerprint density at radius 2 is 0.952 bits per heavy atom. The predicted molar refractivity (Wildman–Crippen MR) is 78.3 cm³/mol. The number of phenolic OH excluding ortho intramolecular Hbond substituents is 4. The summed E-state index contributed by atoms with van der Waals surface area (Å²) in [6.45, 7) is 0. The van der Waals surface area contributed by atoms with E-state index in [0.29, 0.717) is 0 Å². The van der Waals surface area contributed by atoms with Gasteiger partial charge in [0.2, 0.25) is 0 Å². The third-order valence-electron chi connectivity index (χ3n) is 3.26. The molecule has 5 nitrogen and oxygen atoms in total. The molecule has 0 spiro atoms. The highest BCUT2D eigenvalue weighted by atomic mass is 16.3. The summed E-state index contributed by atoms with van der Waals surface area (Å²) in [7, 11) is 0. The van der Waals surface area contributed by atoms with Crippen molar-refractivity contribution in [2.24, 2.45) is 0 Å². The Bertz CT molecular complexity index is 742. The Hall–Kier alpha value is -3.08. The summed E-state index contributed by atoms with van der Waals surface area (Å²) in [6, 6.07) is 12.8. The maximum atomic E-state index is 9.53. The molecule has 0 radical (unpaired) electrons. The molecule has 0 amide bonds. The van der Waals surface area contributed by atoms with E-state index >= 15 is 0 Å². The molecule has 0 aliphatic rings. The lowest BCUT2D eigenvalue weighted by molar-refractivity contribution is 0.404. The van der Waals surface area contributed by atoms with Crippen molar-refractivity contribution >= 4 is 0 Å². The third-order valence-corrected chi connectivity index (χ3v) is 3.26. The van der Waals surface area contributed by atoms with Crippen LogP contribution in [0.25, 0.3) is 22.5 Å². The minimum atomic E-state index is -0.189. The quantitative estimate of drug-likeness (QED) is 0.467. The van der Waals surface area contributed by atoms with Crippen LogP contribution in [0.1, 0.15) is 0 Å². The van der Waals surface area contributed by atoms with Gasteiger partial charge in [-0.25, -0.2) is 0 Å². The van der Waals surface area contributed by atoms with Crippen LogP contribution in [0.5, 0.6) is 23.0 Å². The van der Waals surface area contributed by atoms with Crippen LogP contribution in [0.4, 0.5) is 0 Å². The number of benzene rings is 2. The van der Waals surface area contributed by atoms with E-state index in [2.05, 4.69) is 4.98 Å². The van der Waals surface area contributed by atoms with E-state index in [9.17, 15) is 20.4 Å². The Kier molecular flexibility index (Phi) is 2.95. The van der Waals surface area contributed by atoms with Crippen LogP contribution in [0.3, 0.4) is 0 Å².